The average Bonchev–Trinajstić information content (AvgIpc) is 3.45. The Bertz CT molecular complexity index is 1440. The molecule has 5 rings (SSSR count). The lowest BCUT2D eigenvalue weighted by atomic mass is 9.87. The summed E-state index contributed by atoms with van der Waals surface area (Å²) in [5.74, 6) is 1.09. The number of benzene rings is 2. The Morgan fingerprint density at radius 1 is 1.10 bits per heavy atom. The fraction of sp³-hybridized carbons (Fsp3) is 0.312. The first-order valence-electron chi connectivity index (χ1n) is 13.7. The highest BCUT2D eigenvalue weighted by atomic mass is 16.5. The summed E-state index contributed by atoms with van der Waals surface area (Å²) in [5.41, 5.74) is 4.45. The molecule has 0 spiro atoms. The van der Waals surface area contributed by atoms with Gasteiger partial charge < -0.3 is 19.4 Å². The first kappa shape index (κ1) is 27.1. The highest BCUT2D eigenvalue weighted by Gasteiger charge is 2.32. The van der Waals surface area contributed by atoms with Crippen LogP contribution in [0.25, 0.3) is 0 Å². The van der Waals surface area contributed by atoms with E-state index in [1.165, 1.54) is 11.8 Å². The minimum atomic E-state index is -0.309. The van der Waals surface area contributed by atoms with Gasteiger partial charge in [0.15, 0.2) is 12.3 Å². The van der Waals surface area contributed by atoms with Crippen molar-refractivity contribution in [3.8, 4) is 5.75 Å². The van der Waals surface area contributed by atoms with Crippen LogP contribution in [-0.2, 0) is 24.2 Å². The molecule has 0 saturated heterocycles. The second kappa shape index (κ2) is 12.6. The van der Waals surface area contributed by atoms with E-state index in [2.05, 4.69) is 47.3 Å². The van der Waals surface area contributed by atoms with Crippen molar-refractivity contribution in [2.75, 3.05) is 13.1 Å². The SMILES string of the molecule is CC(C)CC(=O)N1CCc2ccc(OCc3nc(C(=O)NCCc4ccccn4)co3)cc2C1c1ccccc1. The molecule has 0 aliphatic carbocycles. The maximum absolute atomic E-state index is 13.2. The van der Waals surface area contributed by atoms with Crippen LogP contribution >= 0.6 is 0 Å². The molecule has 1 unspecified atom stereocenters. The third kappa shape index (κ3) is 6.57. The van der Waals surface area contributed by atoms with Gasteiger partial charge in [0.2, 0.25) is 11.8 Å². The minimum absolute atomic E-state index is 0.0754. The Balaban J connectivity index is 1.26. The van der Waals surface area contributed by atoms with Crippen LogP contribution in [0.5, 0.6) is 5.75 Å². The van der Waals surface area contributed by atoms with Crippen LogP contribution in [0.4, 0.5) is 0 Å². The number of nitrogens with zero attached hydrogens (tertiary/aromatic N) is 3. The number of hydrogen-bond donors (Lipinski definition) is 1. The smallest absolute Gasteiger partial charge is 0.273 e. The molecule has 0 bridgehead atoms. The van der Waals surface area contributed by atoms with Crippen LogP contribution in [-0.4, -0.2) is 39.8 Å². The second-order valence-electron chi connectivity index (χ2n) is 10.4. The zero-order valence-corrected chi connectivity index (χ0v) is 22.9. The quantitative estimate of drug-likeness (QED) is 0.300. The van der Waals surface area contributed by atoms with Crippen LogP contribution in [0.2, 0.25) is 0 Å². The third-order valence-electron chi connectivity index (χ3n) is 6.90. The highest BCUT2D eigenvalue weighted by Crippen LogP contribution is 2.37. The van der Waals surface area contributed by atoms with Gasteiger partial charge in [-0.15, -0.1) is 0 Å². The predicted octanol–water partition coefficient (Wildman–Crippen LogP) is 5.14. The van der Waals surface area contributed by atoms with E-state index in [0.717, 1.165) is 23.2 Å². The number of nitrogens with one attached hydrogen (secondary N) is 1. The first-order valence-corrected chi connectivity index (χ1v) is 13.7. The van der Waals surface area contributed by atoms with Crippen LogP contribution < -0.4 is 10.1 Å². The normalized spacial score (nSPS) is 14.6. The number of hydrogen-bond acceptors (Lipinski definition) is 6. The molecule has 40 heavy (non-hydrogen) atoms. The molecule has 1 aliphatic rings. The van der Waals surface area contributed by atoms with Gasteiger partial charge >= 0.3 is 0 Å². The Morgan fingerprint density at radius 3 is 2.70 bits per heavy atom. The number of carbonyl (C=O) groups excluding carboxylic acids is 2. The van der Waals surface area contributed by atoms with Crippen molar-refractivity contribution in [1.29, 1.82) is 0 Å². The number of aromatic nitrogens is 2. The van der Waals surface area contributed by atoms with Crippen molar-refractivity contribution in [2.24, 2.45) is 5.92 Å². The van der Waals surface area contributed by atoms with Crippen molar-refractivity contribution in [3.63, 3.8) is 0 Å². The molecule has 1 N–H and O–H groups in total. The van der Waals surface area contributed by atoms with Crippen molar-refractivity contribution in [1.82, 2.24) is 20.2 Å². The van der Waals surface area contributed by atoms with Gasteiger partial charge in [-0.25, -0.2) is 4.98 Å². The Labute approximate surface area is 234 Å². The van der Waals surface area contributed by atoms with Gasteiger partial charge in [0.25, 0.3) is 5.91 Å². The van der Waals surface area contributed by atoms with Crippen LogP contribution in [0, 0.1) is 5.92 Å². The summed E-state index contributed by atoms with van der Waals surface area (Å²) in [4.78, 5) is 36.3. The number of fused-ring (bicyclic) bond motifs is 1. The Morgan fingerprint density at radius 2 is 1.93 bits per heavy atom. The topological polar surface area (TPSA) is 97.6 Å². The minimum Gasteiger partial charge on any atom is -0.484 e. The maximum atomic E-state index is 13.2. The lowest BCUT2D eigenvalue weighted by Crippen LogP contribution is -2.41. The predicted molar refractivity (Wildman–Crippen MR) is 151 cm³/mol. The van der Waals surface area contributed by atoms with E-state index >= 15 is 0 Å². The summed E-state index contributed by atoms with van der Waals surface area (Å²) in [6, 6.07) is 21.7. The molecule has 0 saturated carbocycles. The number of rotatable bonds is 10. The van der Waals surface area contributed by atoms with E-state index in [-0.39, 0.29) is 36.1 Å². The highest BCUT2D eigenvalue weighted by molar-refractivity contribution is 5.91. The van der Waals surface area contributed by atoms with Gasteiger partial charge in [0.05, 0.1) is 6.04 Å². The number of pyridine rings is 1. The van der Waals surface area contributed by atoms with E-state index < -0.39 is 0 Å². The standard InChI is InChI=1S/C32H34N4O4/c1-22(2)18-30(37)36-17-14-23-11-12-26(19-27(23)31(36)24-8-4-3-5-9-24)39-21-29-35-28(20-40-29)32(38)34-16-13-25-10-6-7-15-33-25/h3-12,15,19-20,22,31H,13-14,16-18,21H2,1-2H3,(H,34,38). The summed E-state index contributed by atoms with van der Waals surface area (Å²) in [7, 11) is 0. The summed E-state index contributed by atoms with van der Waals surface area (Å²) in [6.45, 7) is 5.34. The molecule has 2 aromatic carbocycles. The molecule has 0 fully saturated rings. The van der Waals surface area contributed by atoms with Gasteiger partial charge in [0, 0.05) is 37.8 Å². The van der Waals surface area contributed by atoms with Gasteiger partial charge in [0.1, 0.15) is 12.0 Å². The number of oxazole rings is 1. The Kier molecular flexibility index (Phi) is 8.54. The van der Waals surface area contributed by atoms with Gasteiger partial charge in [-0.1, -0.05) is 56.3 Å². The van der Waals surface area contributed by atoms with Crippen LogP contribution in [0.3, 0.4) is 0 Å². The van der Waals surface area contributed by atoms with E-state index in [4.69, 9.17) is 9.15 Å². The van der Waals surface area contributed by atoms with Crippen LogP contribution in [0.15, 0.2) is 83.6 Å². The van der Waals surface area contributed by atoms with Crippen LogP contribution in [0.1, 0.15) is 65.1 Å². The summed E-state index contributed by atoms with van der Waals surface area (Å²) in [5, 5.41) is 2.84. The van der Waals surface area contributed by atoms with E-state index in [1.54, 1.807) is 6.20 Å². The summed E-state index contributed by atoms with van der Waals surface area (Å²) >= 11 is 0. The molecule has 0 radical (unpaired) electrons. The fourth-order valence-electron chi connectivity index (χ4n) is 4.98. The molecule has 8 nitrogen and oxygen atoms in total. The molecule has 4 aromatic rings. The fourth-order valence-corrected chi connectivity index (χ4v) is 4.98. The van der Waals surface area contributed by atoms with Crippen molar-refractivity contribution < 1.29 is 18.7 Å². The Hall–Kier alpha value is -4.46. The van der Waals surface area contributed by atoms with Gasteiger partial charge in [-0.05, 0) is 53.3 Å². The molecule has 8 heteroatoms. The van der Waals surface area contributed by atoms with Crippen molar-refractivity contribution in [2.45, 2.75) is 45.8 Å². The zero-order valence-electron chi connectivity index (χ0n) is 22.9. The molecule has 2 aromatic heterocycles. The molecular weight excluding hydrogens is 504 g/mol. The third-order valence-corrected chi connectivity index (χ3v) is 6.90. The van der Waals surface area contributed by atoms with E-state index in [9.17, 15) is 9.59 Å². The van der Waals surface area contributed by atoms with Crippen molar-refractivity contribution in [3.05, 3.63) is 113 Å². The maximum Gasteiger partial charge on any atom is 0.273 e. The number of amides is 2. The molecule has 1 aliphatic heterocycles. The monoisotopic (exact) mass is 538 g/mol. The molecule has 206 valence electrons. The molecular formula is C32H34N4O4. The zero-order chi connectivity index (χ0) is 27.9. The van der Waals surface area contributed by atoms with E-state index in [1.807, 2.05) is 53.4 Å². The number of ether oxygens (including phenoxy) is 1. The molecule has 2 amide bonds. The first-order chi connectivity index (χ1) is 19.5. The van der Waals surface area contributed by atoms with Crippen molar-refractivity contribution >= 4 is 11.8 Å². The summed E-state index contributed by atoms with van der Waals surface area (Å²) < 4.78 is 11.5. The number of carbonyl (C=O) groups is 2. The van der Waals surface area contributed by atoms with Gasteiger partial charge in [-0.3, -0.25) is 14.6 Å². The summed E-state index contributed by atoms with van der Waals surface area (Å²) in [6.07, 6.45) is 5.00. The lowest BCUT2D eigenvalue weighted by molar-refractivity contribution is -0.134. The largest absolute Gasteiger partial charge is 0.484 e. The average molecular weight is 539 g/mol. The lowest BCUT2D eigenvalue weighted by Gasteiger charge is -2.38. The molecule has 3 heterocycles. The molecule has 1 atom stereocenters. The second-order valence-corrected chi connectivity index (χ2v) is 10.4. The van der Waals surface area contributed by atoms with E-state index in [0.29, 0.717) is 37.6 Å². The van der Waals surface area contributed by atoms with Gasteiger partial charge in [-0.2, -0.15) is 0 Å².